The van der Waals surface area contributed by atoms with Crippen LogP contribution in [-0.2, 0) is 4.74 Å². The molecule has 9 heavy (non-hydrogen) atoms. The Morgan fingerprint density at radius 3 is 3.00 bits per heavy atom. The fraction of sp³-hybridized carbons (Fsp3) is 0.500. The van der Waals surface area contributed by atoms with Gasteiger partial charge in [-0.25, -0.2) is 0 Å². The van der Waals surface area contributed by atoms with E-state index in [1.807, 2.05) is 0 Å². The second-order valence-electron chi connectivity index (χ2n) is 2.20. The van der Waals surface area contributed by atoms with Crippen LogP contribution in [0, 0.1) is 0 Å². The van der Waals surface area contributed by atoms with Crippen molar-refractivity contribution in [2.75, 3.05) is 0 Å². The zero-order valence-electron chi connectivity index (χ0n) is 5.60. The fourth-order valence-corrected chi connectivity index (χ4v) is 1.02. The maximum Gasteiger partial charge on any atom is 0.0991 e. The first-order valence-corrected chi connectivity index (χ1v) is 3.40. The molecule has 0 bridgehead atoms. The first kappa shape index (κ1) is 6.40. The van der Waals surface area contributed by atoms with Gasteiger partial charge >= 0.3 is 0 Å². The Hall–Kier alpha value is -0.720. The number of ether oxygens (including phenoxy) is 1. The standard InChI is InChI=1S/C8H12O/c1-2-9-8-6-4-3-5-7-8/h2,6H,1,3-5,7H2. The van der Waals surface area contributed by atoms with E-state index in [0.29, 0.717) is 0 Å². The highest BCUT2D eigenvalue weighted by atomic mass is 16.5. The molecule has 0 saturated carbocycles. The third-order valence-corrected chi connectivity index (χ3v) is 1.48. The molecule has 0 heterocycles. The second kappa shape index (κ2) is 3.33. The van der Waals surface area contributed by atoms with Gasteiger partial charge in [0.2, 0.25) is 0 Å². The number of hydrogen-bond acceptors (Lipinski definition) is 1. The van der Waals surface area contributed by atoms with Crippen molar-refractivity contribution in [2.45, 2.75) is 25.7 Å². The molecule has 0 radical (unpaired) electrons. The predicted molar refractivity (Wildman–Crippen MR) is 37.8 cm³/mol. The molecule has 0 N–H and O–H groups in total. The van der Waals surface area contributed by atoms with Gasteiger partial charge in [-0.05, 0) is 25.3 Å². The normalized spacial score (nSPS) is 18.4. The molecule has 0 aliphatic heterocycles. The number of allylic oxidation sites excluding steroid dienone is 2. The monoisotopic (exact) mass is 124 g/mol. The molecule has 1 aliphatic rings. The molecule has 50 valence electrons. The Morgan fingerprint density at radius 1 is 1.56 bits per heavy atom. The minimum atomic E-state index is 1.09. The van der Waals surface area contributed by atoms with E-state index >= 15 is 0 Å². The lowest BCUT2D eigenvalue weighted by Crippen LogP contribution is -1.91. The SMILES string of the molecule is C=COC1=CCCCC1. The molecular weight excluding hydrogens is 112 g/mol. The Balaban J connectivity index is 2.36. The molecule has 1 aliphatic carbocycles. The summed E-state index contributed by atoms with van der Waals surface area (Å²) in [6.07, 6.45) is 8.47. The molecule has 0 unspecified atom stereocenters. The van der Waals surface area contributed by atoms with Crippen molar-refractivity contribution in [1.82, 2.24) is 0 Å². The van der Waals surface area contributed by atoms with Crippen LogP contribution in [0.15, 0.2) is 24.7 Å². The maximum absolute atomic E-state index is 5.11. The highest BCUT2D eigenvalue weighted by Crippen LogP contribution is 2.17. The van der Waals surface area contributed by atoms with E-state index in [4.69, 9.17) is 4.74 Å². The van der Waals surface area contributed by atoms with Crippen molar-refractivity contribution in [2.24, 2.45) is 0 Å². The molecule has 0 spiro atoms. The Kier molecular flexibility index (Phi) is 2.37. The predicted octanol–water partition coefficient (Wildman–Crippen LogP) is 2.60. The third-order valence-electron chi connectivity index (χ3n) is 1.48. The quantitative estimate of drug-likeness (QED) is 0.514. The van der Waals surface area contributed by atoms with E-state index in [1.165, 1.54) is 25.5 Å². The smallest absolute Gasteiger partial charge is 0.0991 e. The van der Waals surface area contributed by atoms with Crippen LogP contribution < -0.4 is 0 Å². The van der Waals surface area contributed by atoms with Gasteiger partial charge in [0.15, 0.2) is 0 Å². The summed E-state index contributed by atoms with van der Waals surface area (Å²) in [4.78, 5) is 0. The van der Waals surface area contributed by atoms with Crippen molar-refractivity contribution in [1.29, 1.82) is 0 Å². The molecule has 1 nitrogen and oxygen atoms in total. The van der Waals surface area contributed by atoms with E-state index in [0.717, 1.165) is 12.2 Å². The molecule has 0 aromatic rings. The third kappa shape index (κ3) is 1.92. The highest BCUT2D eigenvalue weighted by molar-refractivity contribution is 4.97. The van der Waals surface area contributed by atoms with Crippen LogP contribution in [-0.4, -0.2) is 0 Å². The highest BCUT2D eigenvalue weighted by Gasteiger charge is 2.01. The zero-order valence-corrected chi connectivity index (χ0v) is 5.60. The zero-order chi connectivity index (χ0) is 6.53. The van der Waals surface area contributed by atoms with Crippen molar-refractivity contribution in [3.05, 3.63) is 24.7 Å². The molecule has 0 amide bonds. The van der Waals surface area contributed by atoms with Crippen LogP contribution in [0.3, 0.4) is 0 Å². The van der Waals surface area contributed by atoms with Gasteiger partial charge in [-0.15, -0.1) is 0 Å². The van der Waals surface area contributed by atoms with Gasteiger partial charge in [-0.3, -0.25) is 0 Å². The first-order valence-electron chi connectivity index (χ1n) is 3.40. The molecule has 1 heteroatoms. The van der Waals surface area contributed by atoms with Gasteiger partial charge in [-0.2, -0.15) is 0 Å². The minimum absolute atomic E-state index is 1.09. The van der Waals surface area contributed by atoms with Crippen molar-refractivity contribution < 1.29 is 4.74 Å². The van der Waals surface area contributed by atoms with Gasteiger partial charge in [-0.1, -0.05) is 6.58 Å². The van der Waals surface area contributed by atoms with Gasteiger partial charge in [0.25, 0.3) is 0 Å². The lowest BCUT2D eigenvalue weighted by Gasteiger charge is -2.09. The van der Waals surface area contributed by atoms with Gasteiger partial charge in [0.05, 0.1) is 12.0 Å². The summed E-state index contributed by atoms with van der Waals surface area (Å²) in [5.74, 6) is 1.09. The van der Waals surface area contributed by atoms with Crippen LogP contribution in [0.1, 0.15) is 25.7 Å². The van der Waals surface area contributed by atoms with Crippen LogP contribution in [0.5, 0.6) is 0 Å². The molecule has 0 saturated heterocycles. The lowest BCUT2D eigenvalue weighted by atomic mass is 10.1. The van der Waals surface area contributed by atoms with Crippen LogP contribution in [0.4, 0.5) is 0 Å². The first-order chi connectivity index (χ1) is 4.43. The molecule has 1 rings (SSSR count). The van der Waals surface area contributed by atoms with Crippen LogP contribution in [0.25, 0.3) is 0 Å². The fourth-order valence-electron chi connectivity index (χ4n) is 1.02. The van der Waals surface area contributed by atoms with Crippen LogP contribution in [0.2, 0.25) is 0 Å². The summed E-state index contributed by atoms with van der Waals surface area (Å²) >= 11 is 0. The summed E-state index contributed by atoms with van der Waals surface area (Å²) in [6, 6.07) is 0. The Morgan fingerprint density at radius 2 is 2.44 bits per heavy atom. The number of hydrogen-bond donors (Lipinski definition) is 0. The van der Waals surface area contributed by atoms with E-state index in [1.54, 1.807) is 0 Å². The topological polar surface area (TPSA) is 9.23 Å². The molecule has 0 atom stereocenters. The maximum atomic E-state index is 5.11. The minimum Gasteiger partial charge on any atom is -0.470 e. The average molecular weight is 124 g/mol. The molecule has 0 fully saturated rings. The Labute approximate surface area is 56.0 Å². The molecular formula is C8H12O. The molecule has 0 aromatic carbocycles. The van der Waals surface area contributed by atoms with E-state index in [9.17, 15) is 0 Å². The van der Waals surface area contributed by atoms with Crippen LogP contribution >= 0.6 is 0 Å². The summed E-state index contributed by atoms with van der Waals surface area (Å²) in [5, 5.41) is 0. The van der Waals surface area contributed by atoms with Gasteiger partial charge < -0.3 is 4.74 Å². The summed E-state index contributed by atoms with van der Waals surface area (Å²) < 4.78 is 5.11. The van der Waals surface area contributed by atoms with Crippen molar-refractivity contribution in [3.63, 3.8) is 0 Å². The average Bonchev–Trinajstić information content (AvgIpc) is 1.91. The van der Waals surface area contributed by atoms with Gasteiger partial charge in [0, 0.05) is 6.42 Å². The number of rotatable bonds is 2. The Bertz CT molecular complexity index is 125. The van der Waals surface area contributed by atoms with E-state index in [-0.39, 0.29) is 0 Å². The summed E-state index contributed by atoms with van der Waals surface area (Å²) in [5.41, 5.74) is 0. The van der Waals surface area contributed by atoms with Crippen molar-refractivity contribution in [3.8, 4) is 0 Å². The van der Waals surface area contributed by atoms with Crippen molar-refractivity contribution >= 4 is 0 Å². The lowest BCUT2D eigenvalue weighted by molar-refractivity contribution is 0.320. The van der Waals surface area contributed by atoms with E-state index in [2.05, 4.69) is 12.7 Å². The second-order valence-corrected chi connectivity index (χ2v) is 2.20. The summed E-state index contributed by atoms with van der Waals surface area (Å²) in [7, 11) is 0. The largest absolute Gasteiger partial charge is 0.470 e. The van der Waals surface area contributed by atoms with Gasteiger partial charge in [0.1, 0.15) is 0 Å². The summed E-state index contributed by atoms with van der Waals surface area (Å²) in [6.45, 7) is 3.49. The molecule has 0 aromatic heterocycles. The van der Waals surface area contributed by atoms with E-state index < -0.39 is 0 Å².